The molecule has 0 spiro atoms. The van der Waals surface area contributed by atoms with Gasteiger partial charge < -0.3 is 9.32 Å². The molecule has 0 amide bonds. The number of nitrogens with two attached hydrogens (primary N) is 1. The Balaban J connectivity index is 4.21. The smallest absolute Gasteiger partial charge is 0.306 e. The van der Waals surface area contributed by atoms with Crippen molar-refractivity contribution in [3.05, 3.63) is 0 Å². The molecule has 0 fully saturated rings. The third-order valence-corrected chi connectivity index (χ3v) is 3.64. The van der Waals surface area contributed by atoms with E-state index in [1.54, 1.807) is 0 Å². The second-order valence-corrected chi connectivity index (χ2v) is 5.33. The number of carbonyl (C=O) groups is 1. The first kappa shape index (κ1) is 15.1. The van der Waals surface area contributed by atoms with Crippen molar-refractivity contribution in [2.24, 2.45) is 5.50 Å². The fraction of sp³-hybridized carbons (Fsp3) is 0.875. The predicted molar refractivity (Wildman–Crippen MR) is 61.0 cm³/mol. The molecule has 0 aromatic carbocycles. The van der Waals surface area contributed by atoms with E-state index in [-0.39, 0.29) is 13.0 Å². The molecule has 1 unspecified atom stereocenters. The van der Waals surface area contributed by atoms with Crippen LogP contribution in [0.2, 0.25) is 0 Å². The second kappa shape index (κ2) is 8.25. The Labute approximate surface area is 95.5 Å². The van der Waals surface area contributed by atoms with Crippen molar-refractivity contribution in [2.45, 2.75) is 19.8 Å². The van der Waals surface area contributed by atoms with Gasteiger partial charge in [-0.3, -0.25) is 4.57 Å². The lowest BCUT2D eigenvalue weighted by Gasteiger charge is -2.26. The van der Waals surface area contributed by atoms with Gasteiger partial charge in [0.1, 0.15) is 6.29 Å². The van der Waals surface area contributed by atoms with Gasteiger partial charge >= 0.3 is 7.67 Å². The van der Waals surface area contributed by atoms with Crippen LogP contribution in [0.15, 0.2) is 0 Å². The Hall–Kier alpha value is 0.0700. The summed E-state index contributed by atoms with van der Waals surface area (Å²) < 4.78 is 18.4. The molecule has 0 aromatic rings. The number of hydrogen-bond acceptors (Lipinski definition) is 3. The van der Waals surface area contributed by atoms with Crippen molar-refractivity contribution >= 4 is 25.6 Å². The first-order valence-corrected chi connectivity index (χ1v) is 7.04. The minimum Gasteiger partial charge on any atom is -0.306 e. The number of hydrogen-bond donors (Lipinski definition) is 1. The van der Waals surface area contributed by atoms with Crippen LogP contribution < -0.4 is 5.50 Å². The van der Waals surface area contributed by atoms with E-state index in [0.29, 0.717) is 25.3 Å². The van der Waals surface area contributed by atoms with E-state index in [2.05, 4.69) is 0 Å². The largest absolute Gasteiger partial charge is 0.340 e. The van der Waals surface area contributed by atoms with Crippen LogP contribution in [0.4, 0.5) is 0 Å². The predicted octanol–water partition coefficient (Wildman–Crippen LogP) is 1.61. The van der Waals surface area contributed by atoms with E-state index < -0.39 is 7.67 Å². The van der Waals surface area contributed by atoms with Crippen LogP contribution in [-0.4, -0.2) is 36.5 Å². The monoisotopic (exact) mass is 256 g/mol. The van der Waals surface area contributed by atoms with Gasteiger partial charge in [0.15, 0.2) is 0 Å². The van der Waals surface area contributed by atoms with Crippen LogP contribution in [0.3, 0.4) is 0 Å². The van der Waals surface area contributed by atoms with Crippen LogP contribution >= 0.6 is 19.3 Å². The molecule has 1 atom stereocenters. The summed E-state index contributed by atoms with van der Waals surface area (Å²) in [4.78, 5) is 10.1. The number of carbonyl (C=O) groups excluding carboxylic acids is 1. The third kappa shape index (κ3) is 6.28. The highest BCUT2D eigenvalue weighted by Crippen LogP contribution is 2.42. The van der Waals surface area contributed by atoms with Gasteiger partial charge in [-0.1, -0.05) is 6.92 Å². The molecule has 0 rings (SSSR count). The zero-order valence-corrected chi connectivity index (χ0v) is 10.5. The van der Waals surface area contributed by atoms with Gasteiger partial charge in [-0.2, -0.15) is 0 Å². The molecule has 0 heterocycles. The molecule has 0 saturated heterocycles. The van der Waals surface area contributed by atoms with Gasteiger partial charge in [0.25, 0.3) is 0 Å². The Morgan fingerprint density at radius 1 is 1.53 bits per heavy atom. The summed E-state index contributed by atoms with van der Waals surface area (Å²) >= 11 is 5.57. The van der Waals surface area contributed by atoms with Crippen LogP contribution in [0.25, 0.3) is 0 Å². The first-order valence-electron chi connectivity index (χ1n) is 4.86. The van der Waals surface area contributed by atoms with Gasteiger partial charge in [-0.05, 0) is 6.42 Å². The van der Waals surface area contributed by atoms with E-state index in [1.807, 2.05) is 6.92 Å². The molecule has 90 valence electrons. The number of rotatable bonds is 9. The van der Waals surface area contributed by atoms with Crippen LogP contribution in [0.5, 0.6) is 0 Å². The van der Waals surface area contributed by atoms with Crippen molar-refractivity contribution in [3.8, 4) is 0 Å². The minimum atomic E-state index is -3.28. The summed E-state index contributed by atoms with van der Waals surface area (Å²) in [6.45, 7) is 3.03. The van der Waals surface area contributed by atoms with Gasteiger partial charge in [-0.15, -0.1) is 11.6 Å². The Morgan fingerprint density at radius 2 is 2.20 bits per heavy atom. The van der Waals surface area contributed by atoms with Crippen LogP contribution in [-0.2, 0) is 13.9 Å². The van der Waals surface area contributed by atoms with Crippen molar-refractivity contribution in [2.75, 3.05) is 25.6 Å². The molecule has 5 nitrogen and oxygen atoms in total. The number of aldehydes is 1. The number of halogens is 1. The molecule has 0 aliphatic carbocycles. The maximum absolute atomic E-state index is 11.9. The SMILES string of the molecule is CCCN(CCCl)P(N)(=O)OCCC=O. The topological polar surface area (TPSA) is 72.6 Å². The summed E-state index contributed by atoms with van der Waals surface area (Å²) in [6, 6.07) is 0. The van der Waals surface area contributed by atoms with Gasteiger partial charge in [0.05, 0.1) is 6.61 Å². The summed E-state index contributed by atoms with van der Waals surface area (Å²) in [5, 5.41) is 0. The lowest BCUT2D eigenvalue weighted by atomic mass is 10.5. The minimum absolute atomic E-state index is 0.0831. The zero-order chi connectivity index (χ0) is 11.7. The summed E-state index contributed by atoms with van der Waals surface area (Å²) in [5.74, 6) is 0.345. The summed E-state index contributed by atoms with van der Waals surface area (Å²) in [7, 11) is -3.28. The van der Waals surface area contributed by atoms with Crippen molar-refractivity contribution in [3.63, 3.8) is 0 Å². The standard InChI is InChI=1S/C8H18ClN2O3P/c1-2-5-11(6-4-9)15(10,13)14-8-3-7-12/h7H,2-6,8H2,1H3,(H2,10,13). The zero-order valence-electron chi connectivity index (χ0n) is 8.89. The lowest BCUT2D eigenvalue weighted by Crippen LogP contribution is -2.28. The highest BCUT2D eigenvalue weighted by atomic mass is 35.5. The van der Waals surface area contributed by atoms with Crippen molar-refractivity contribution in [1.29, 1.82) is 0 Å². The molecule has 0 radical (unpaired) electrons. The Morgan fingerprint density at radius 3 is 2.67 bits per heavy atom. The molecule has 0 saturated carbocycles. The molecule has 15 heavy (non-hydrogen) atoms. The fourth-order valence-electron chi connectivity index (χ4n) is 1.06. The number of nitrogens with zero attached hydrogens (tertiary/aromatic N) is 1. The Bertz CT molecular complexity index is 222. The maximum Gasteiger partial charge on any atom is 0.340 e. The highest BCUT2D eigenvalue weighted by Gasteiger charge is 2.25. The molecule has 2 N–H and O–H groups in total. The maximum atomic E-state index is 11.9. The molecule has 0 aliphatic heterocycles. The molecule has 0 bridgehead atoms. The van der Waals surface area contributed by atoms with Gasteiger partial charge in [0, 0.05) is 25.4 Å². The van der Waals surface area contributed by atoms with Gasteiger partial charge in [0.2, 0.25) is 0 Å². The lowest BCUT2D eigenvalue weighted by molar-refractivity contribution is -0.108. The average molecular weight is 257 g/mol. The molecule has 0 aliphatic rings. The quantitative estimate of drug-likeness (QED) is 0.294. The molecular formula is C8H18ClN2O3P. The van der Waals surface area contributed by atoms with Gasteiger partial charge in [-0.25, -0.2) is 10.2 Å². The number of alkyl halides is 1. The first-order chi connectivity index (χ1) is 7.08. The summed E-state index contributed by atoms with van der Waals surface area (Å²) in [5.41, 5.74) is 5.56. The van der Waals surface area contributed by atoms with Crippen LogP contribution in [0, 0.1) is 0 Å². The highest BCUT2D eigenvalue weighted by molar-refractivity contribution is 7.53. The molecule has 0 aromatic heterocycles. The van der Waals surface area contributed by atoms with E-state index in [4.69, 9.17) is 21.6 Å². The fourth-order valence-corrected chi connectivity index (χ4v) is 2.77. The average Bonchev–Trinajstić information content (AvgIpc) is 2.18. The normalized spacial score (nSPS) is 15.2. The van der Waals surface area contributed by atoms with Crippen LogP contribution in [0.1, 0.15) is 19.8 Å². The van der Waals surface area contributed by atoms with E-state index in [9.17, 15) is 9.36 Å². The molecular weight excluding hydrogens is 239 g/mol. The van der Waals surface area contributed by atoms with E-state index in [1.165, 1.54) is 4.67 Å². The summed E-state index contributed by atoms with van der Waals surface area (Å²) in [6.07, 6.45) is 1.71. The third-order valence-electron chi connectivity index (χ3n) is 1.73. The second-order valence-electron chi connectivity index (χ2n) is 3.00. The van der Waals surface area contributed by atoms with E-state index >= 15 is 0 Å². The van der Waals surface area contributed by atoms with Crippen molar-refractivity contribution < 1.29 is 13.9 Å². The van der Waals surface area contributed by atoms with E-state index in [0.717, 1.165) is 6.42 Å². The Kier molecular flexibility index (Phi) is 8.29. The molecule has 7 heteroatoms. The van der Waals surface area contributed by atoms with Crippen molar-refractivity contribution in [1.82, 2.24) is 4.67 Å².